The minimum atomic E-state index is 0.00952. The first-order valence-electron chi connectivity index (χ1n) is 10.8. The maximum atomic E-state index is 12.8. The van der Waals surface area contributed by atoms with Gasteiger partial charge >= 0.3 is 6.03 Å². The van der Waals surface area contributed by atoms with Gasteiger partial charge in [0.2, 0.25) is 0 Å². The molecule has 1 fully saturated rings. The molecule has 1 saturated heterocycles. The molecule has 1 aromatic rings. The lowest BCUT2D eigenvalue weighted by molar-refractivity contribution is 0.0198. The Morgan fingerprint density at radius 2 is 1.54 bits per heavy atom. The van der Waals surface area contributed by atoms with Crippen LogP contribution in [0.2, 0.25) is 0 Å². The quantitative estimate of drug-likeness (QED) is 0.646. The normalized spacial score (nSPS) is 16.4. The summed E-state index contributed by atoms with van der Waals surface area (Å²) in [6.45, 7) is 16.2. The standard InChI is InChI=1S/C23H39N3O2/c1-18(2)10-12-26(13-11-19(3)4)23(27)24-22-8-6-21(7-9-22)20(5)25-14-16-28-17-15-25/h6-9,18-20H,10-17H2,1-5H3,(H,24,27). The van der Waals surface area contributed by atoms with Crippen molar-refractivity contribution in [2.24, 2.45) is 11.8 Å². The van der Waals surface area contributed by atoms with Crippen molar-refractivity contribution in [1.29, 1.82) is 0 Å². The molecule has 0 aliphatic carbocycles. The third-order valence-corrected chi connectivity index (χ3v) is 5.48. The Morgan fingerprint density at radius 1 is 1.00 bits per heavy atom. The monoisotopic (exact) mass is 389 g/mol. The number of rotatable bonds is 9. The molecule has 1 aliphatic rings. The zero-order chi connectivity index (χ0) is 20.5. The van der Waals surface area contributed by atoms with Crippen molar-refractivity contribution in [1.82, 2.24) is 9.80 Å². The van der Waals surface area contributed by atoms with Gasteiger partial charge in [0.1, 0.15) is 0 Å². The molecule has 0 aromatic heterocycles. The van der Waals surface area contributed by atoms with E-state index in [4.69, 9.17) is 4.74 Å². The van der Waals surface area contributed by atoms with E-state index < -0.39 is 0 Å². The number of carbonyl (C=O) groups is 1. The summed E-state index contributed by atoms with van der Waals surface area (Å²) in [5.74, 6) is 1.19. The van der Waals surface area contributed by atoms with Gasteiger partial charge in [-0.15, -0.1) is 0 Å². The second-order valence-corrected chi connectivity index (χ2v) is 8.73. The second kappa shape index (κ2) is 11.4. The van der Waals surface area contributed by atoms with Crippen LogP contribution in [0, 0.1) is 11.8 Å². The molecule has 0 radical (unpaired) electrons. The number of carbonyl (C=O) groups excluding carboxylic acids is 1. The van der Waals surface area contributed by atoms with Gasteiger partial charge in [-0.3, -0.25) is 4.90 Å². The molecule has 0 saturated carbocycles. The van der Waals surface area contributed by atoms with Crippen molar-refractivity contribution in [3.05, 3.63) is 29.8 Å². The number of benzene rings is 1. The molecule has 1 atom stereocenters. The summed E-state index contributed by atoms with van der Waals surface area (Å²) in [6, 6.07) is 8.67. The molecule has 28 heavy (non-hydrogen) atoms. The van der Waals surface area contributed by atoms with Crippen LogP contribution in [0.25, 0.3) is 0 Å². The van der Waals surface area contributed by atoms with E-state index in [0.29, 0.717) is 17.9 Å². The van der Waals surface area contributed by atoms with Crippen LogP contribution in [0.3, 0.4) is 0 Å². The Balaban J connectivity index is 1.94. The molecular formula is C23H39N3O2. The van der Waals surface area contributed by atoms with Gasteiger partial charge in [-0.25, -0.2) is 4.79 Å². The average molecular weight is 390 g/mol. The van der Waals surface area contributed by atoms with Gasteiger partial charge < -0.3 is 15.0 Å². The smallest absolute Gasteiger partial charge is 0.321 e. The Labute approximate surface area is 171 Å². The zero-order valence-corrected chi connectivity index (χ0v) is 18.4. The van der Waals surface area contributed by atoms with Crippen LogP contribution in [0.1, 0.15) is 59.1 Å². The largest absolute Gasteiger partial charge is 0.379 e. The zero-order valence-electron chi connectivity index (χ0n) is 18.4. The first-order valence-corrected chi connectivity index (χ1v) is 10.8. The van der Waals surface area contributed by atoms with Crippen molar-refractivity contribution in [2.45, 2.75) is 53.5 Å². The SMILES string of the molecule is CC(C)CCN(CCC(C)C)C(=O)Nc1ccc(C(C)N2CCOCC2)cc1. The topological polar surface area (TPSA) is 44.8 Å². The molecule has 1 aromatic carbocycles. The van der Waals surface area contributed by atoms with Crippen molar-refractivity contribution in [2.75, 3.05) is 44.7 Å². The fourth-order valence-corrected chi connectivity index (χ4v) is 3.37. The minimum absolute atomic E-state index is 0.00952. The molecule has 2 rings (SSSR count). The van der Waals surface area contributed by atoms with Crippen LogP contribution in [0.4, 0.5) is 10.5 Å². The molecule has 5 heteroatoms. The van der Waals surface area contributed by atoms with Gasteiger partial charge in [-0.2, -0.15) is 0 Å². The highest BCUT2D eigenvalue weighted by Gasteiger charge is 2.19. The second-order valence-electron chi connectivity index (χ2n) is 8.73. The molecule has 1 N–H and O–H groups in total. The van der Waals surface area contributed by atoms with E-state index in [1.165, 1.54) is 5.56 Å². The average Bonchev–Trinajstić information content (AvgIpc) is 2.68. The number of anilines is 1. The van der Waals surface area contributed by atoms with Crippen molar-refractivity contribution >= 4 is 11.7 Å². The van der Waals surface area contributed by atoms with E-state index in [-0.39, 0.29) is 6.03 Å². The van der Waals surface area contributed by atoms with Crippen LogP contribution in [-0.2, 0) is 4.74 Å². The predicted octanol–water partition coefficient (Wildman–Crippen LogP) is 5.01. The summed E-state index contributed by atoms with van der Waals surface area (Å²) in [5.41, 5.74) is 2.14. The first kappa shape index (κ1) is 22.7. The number of hydrogen-bond donors (Lipinski definition) is 1. The Bertz CT molecular complexity index is 568. The van der Waals surface area contributed by atoms with Crippen molar-refractivity contribution in [3.63, 3.8) is 0 Å². The van der Waals surface area contributed by atoms with Crippen LogP contribution in [0.15, 0.2) is 24.3 Å². The molecule has 1 heterocycles. The first-order chi connectivity index (χ1) is 13.4. The van der Waals surface area contributed by atoms with Crippen molar-refractivity contribution in [3.8, 4) is 0 Å². The van der Waals surface area contributed by atoms with Crippen LogP contribution in [0.5, 0.6) is 0 Å². The number of nitrogens with zero attached hydrogens (tertiary/aromatic N) is 2. The van der Waals surface area contributed by atoms with Gasteiger partial charge in [-0.05, 0) is 49.3 Å². The maximum absolute atomic E-state index is 12.8. The molecular weight excluding hydrogens is 350 g/mol. The fourth-order valence-electron chi connectivity index (χ4n) is 3.37. The third kappa shape index (κ3) is 7.44. The maximum Gasteiger partial charge on any atom is 0.321 e. The van der Waals surface area contributed by atoms with Crippen LogP contribution in [-0.4, -0.2) is 55.2 Å². The number of amides is 2. The molecule has 1 aliphatic heterocycles. The molecule has 158 valence electrons. The summed E-state index contributed by atoms with van der Waals surface area (Å²) in [4.78, 5) is 17.2. The lowest BCUT2D eigenvalue weighted by Gasteiger charge is -2.32. The van der Waals surface area contributed by atoms with E-state index in [9.17, 15) is 4.79 Å². The highest BCUT2D eigenvalue weighted by Crippen LogP contribution is 2.23. The molecule has 2 amide bonds. The highest BCUT2D eigenvalue weighted by molar-refractivity contribution is 5.89. The van der Waals surface area contributed by atoms with E-state index in [0.717, 1.165) is 57.9 Å². The minimum Gasteiger partial charge on any atom is -0.379 e. The number of nitrogens with one attached hydrogen (secondary N) is 1. The Hall–Kier alpha value is -1.59. The van der Waals surface area contributed by atoms with Gasteiger partial charge in [0.25, 0.3) is 0 Å². The molecule has 0 bridgehead atoms. The number of morpholine rings is 1. The van der Waals surface area contributed by atoms with Crippen LogP contribution >= 0.6 is 0 Å². The van der Waals surface area contributed by atoms with Crippen molar-refractivity contribution < 1.29 is 9.53 Å². The highest BCUT2D eigenvalue weighted by atomic mass is 16.5. The van der Waals surface area contributed by atoms with Gasteiger partial charge in [0, 0.05) is 37.9 Å². The number of ether oxygens (including phenoxy) is 1. The fraction of sp³-hybridized carbons (Fsp3) is 0.696. The third-order valence-electron chi connectivity index (χ3n) is 5.48. The van der Waals surface area contributed by atoms with Gasteiger partial charge in [-0.1, -0.05) is 39.8 Å². The van der Waals surface area contributed by atoms with E-state index in [1.807, 2.05) is 17.0 Å². The number of hydrogen-bond acceptors (Lipinski definition) is 3. The van der Waals surface area contributed by atoms with E-state index in [1.54, 1.807) is 0 Å². The summed E-state index contributed by atoms with van der Waals surface area (Å²) >= 11 is 0. The van der Waals surface area contributed by atoms with Gasteiger partial charge in [0.15, 0.2) is 0 Å². The molecule has 1 unspecified atom stereocenters. The lowest BCUT2D eigenvalue weighted by atomic mass is 10.1. The summed E-state index contributed by atoms with van der Waals surface area (Å²) in [5, 5.41) is 3.09. The Kier molecular flexibility index (Phi) is 9.26. The summed E-state index contributed by atoms with van der Waals surface area (Å²) in [7, 11) is 0. The predicted molar refractivity (Wildman–Crippen MR) is 117 cm³/mol. The van der Waals surface area contributed by atoms with E-state index in [2.05, 4.69) is 57.0 Å². The lowest BCUT2D eigenvalue weighted by Crippen LogP contribution is -2.38. The molecule has 5 nitrogen and oxygen atoms in total. The summed E-state index contributed by atoms with van der Waals surface area (Å²) < 4.78 is 5.45. The van der Waals surface area contributed by atoms with E-state index >= 15 is 0 Å². The van der Waals surface area contributed by atoms with Gasteiger partial charge in [0.05, 0.1) is 13.2 Å². The van der Waals surface area contributed by atoms with Crippen LogP contribution < -0.4 is 5.32 Å². The Morgan fingerprint density at radius 3 is 2.04 bits per heavy atom. The summed E-state index contributed by atoms with van der Waals surface area (Å²) in [6.07, 6.45) is 2.06. The molecule has 0 spiro atoms. The number of urea groups is 1.